The SMILES string of the molecule is CCC(N)c1nc(-c2cc(Br)ccc2F)cs1. The average molecular weight is 315 g/mol. The highest BCUT2D eigenvalue weighted by molar-refractivity contribution is 9.10. The van der Waals surface area contributed by atoms with Crippen LogP contribution >= 0.6 is 27.3 Å². The number of nitrogens with zero attached hydrogens (tertiary/aromatic N) is 1. The first-order valence-corrected chi connectivity index (χ1v) is 6.95. The molecule has 1 unspecified atom stereocenters. The van der Waals surface area contributed by atoms with Gasteiger partial charge in [0.2, 0.25) is 0 Å². The van der Waals surface area contributed by atoms with Gasteiger partial charge in [-0.25, -0.2) is 9.37 Å². The van der Waals surface area contributed by atoms with Gasteiger partial charge in [-0.2, -0.15) is 0 Å². The molecule has 1 aromatic heterocycles. The zero-order valence-corrected chi connectivity index (χ0v) is 11.7. The van der Waals surface area contributed by atoms with E-state index < -0.39 is 0 Å². The van der Waals surface area contributed by atoms with Crippen molar-refractivity contribution in [1.82, 2.24) is 4.98 Å². The normalized spacial score (nSPS) is 12.7. The maximum Gasteiger partial charge on any atom is 0.132 e. The van der Waals surface area contributed by atoms with E-state index in [4.69, 9.17) is 5.73 Å². The summed E-state index contributed by atoms with van der Waals surface area (Å²) < 4.78 is 14.5. The number of thiazole rings is 1. The summed E-state index contributed by atoms with van der Waals surface area (Å²) in [5.41, 5.74) is 7.05. The first-order valence-electron chi connectivity index (χ1n) is 5.28. The number of aromatic nitrogens is 1. The Hall–Kier alpha value is -0.780. The molecular formula is C12H12BrFN2S. The first-order chi connectivity index (χ1) is 8.11. The molecule has 1 aromatic carbocycles. The minimum absolute atomic E-state index is 0.0658. The molecule has 0 amide bonds. The molecule has 1 atom stereocenters. The van der Waals surface area contributed by atoms with Crippen molar-refractivity contribution in [2.45, 2.75) is 19.4 Å². The Balaban J connectivity index is 2.40. The highest BCUT2D eigenvalue weighted by Crippen LogP contribution is 2.29. The van der Waals surface area contributed by atoms with Crippen molar-refractivity contribution in [2.24, 2.45) is 5.73 Å². The molecule has 2 aromatic rings. The van der Waals surface area contributed by atoms with Crippen LogP contribution in [0.4, 0.5) is 4.39 Å². The highest BCUT2D eigenvalue weighted by Gasteiger charge is 2.13. The Labute approximate surface area is 112 Å². The minimum Gasteiger partial charge on any atom is -0.322 e. The second kappa shape index (κ2) is 5.25. The van der Waals surface area contributed by atoms with Crippen LogP contribution in [0.15, 0.2) is 28.1 Å². The maximum atomic E-state index is 13.7. The number of nitrogens with two attached hydrogens (primary N) is 1. The van der Waals surface area contributed by atoms with Crippen molar-refractivity contribution in [1.29, 1.82) is 0 Å². The number of halogens is 2. The number of hydrogen-bond acceptors (Lipinski definition) is 3. The van der Waals surface area contributed by atoms with Gasteiger partial charge in [-0.15, -0.1) is 11.3 Å². The summed E-state index contributed by atoms with van der Waals surface area (Å²) in [4.78, 5) is 4.39. The van der Waals surface area contributed by atoms with Crippen molar-refractivity contribution in [2.75, 3.05) is 0 Å². The molecule has 1 heterocycles. The lowest BCUT2D eigenvalue weighted by molar-refractivity contribution is 0.630. The summed E-state index contributed by atoms with van der Waals surface area (Å²) >= 11 is 4.80. The van der Waals surface area contributed by atoms with Gasteiger partial charge in [-0.05, 0) is 24.6 Å². The second-order valence-electron chi connectivity index (χ2n) is 3.71. The van der Waals surface area contributed by atoms with Crippen LogP contribution in [0.2, 0.25) is 0 Å². The fraction of sp³-hybridized carbons (Fsp3) is 0.250. The number of rotatable bonds is 3. The predicted molar refractivity (Wildman–Crippen MR) is 72.4 cm³/mol. The smallest absolute Gasteiger partial charge is 0.132 e. The Bertz CT molecular complexity index is 527. The van der Waals surface area contributed by atoms with Gasteiger partial charge in [0.25, 0.3) is 0 Å². The number of hydrogen-bond donors (Lipinski definition) is 1. The van der Waals surface area contributed by atoms with Crippen LogP contribution in [0.25, 0.3) is 11.3 Å². The largest absolute Gasteiger partial charge is 0.322 e. The average Bonchev–Trinajstić information content (AvgIpc) is 2.80. The Morgan fingerprint density at radius 2 is 2.29 bits per heavy atom. The van der Waals surface area contributed by atoms with E-state index in [0.717, 1.165) is 15.9 Å². The van der Waals surface area contributed by atoms with Gasteiger partial charge >= 0.3 is 0 Å². The first kappa shape index (κ1) is 12.7. The third kappa shape index (κ3) is 2.73. The Morgan fingerprint density at radius 3 is 3.00 bits per heavy atom. The van der Waals surface area contributed by atoms with Crippen LogP contribution in [0.5, 0.6) is 0 Å². The molecule has 0 aliphatic rings. The van der Waals surface area contributed by atoms with Gasteiger partial charge in [0.05, 0.1) is 11.7 Å². The zero-order valence-electron chi connectivity index (χ0n) is 9.28. The van der Waals surface area contributed by atoms with Gasteiger partial charge in [0.15, 0.2) is 0 Å². The molecule has 0 spiro atoms. The topological polar surface area (TPSA) is 38.9 Å². The summed E-state index contributed by atoms with van der Waals surface area (Å²) in [7, 11) is 0. The molecule has 0 bridgehead atoms. The lowest BCUT2D eigenvalue weighted by Gasteiger charge is -2.03. The van der Waals surface area contributed by atoms with Crippen LogP contribution < -0.4 is 5.73 Å². The minimum atomic E-state index is -0.268. The number of benzene rings is 1. The molecule has 5 heteroatoms. The summed E-state index contributed by atoms with van der Waals surface area (Å²) in [6.45, 7) is 2.01. The molecule has 90 valence electrons. The Morgan fingerprint density at radius 1 is 1.53 bits per heavy atom. The lowest BCUT2D eigenvalue weighted by Crippen LogP contribution is -2.07. The van der Waals surface area contributed by atoms with E-state index in [1.807, 2.05) is 12.3 Å². The quantitative estimate of drug-likeness (QED) is 0.925. The molecular weight excluding hydrogens is 303 g/mol. The fourth-order valence-corrected chi connectivity index (χ4v) is 2.72. The van der Waals surface area contributed by atoms with Gasteiger partial charge in [0.1, 0.15) is 10.8 Å². The summed E-state index contributed by atoms with van der Waals surface area (Å²) in [5.74, 6) is -0.268. The molecule has 0 radical (unpaired) electrons. The molecule has 17 heavy (non-hydrogen) atoms. The molecule has 0 aliphatic carbocycles. The third-order valence-corrected chi connectivity index (χ3v) is 3.95. The lowest BCUT2D eigenvalue weighted by atomic mass is 10.1. The highest BCUT2D eigenvalue weighted by atomic mass is 79.9. The van der Waals surface area contributed by atoms with E-state index in [1.54, 1.807) is 12.1 Å². The van der Waals surface area contributed by atoms with Crippen LogP contribution in [-0.2, 0) is 0 Å². The monoisotopic (exact) mass is 314 g/mol. The molecule has 0 saturated carbocycles. The van der Waals surface area contributed by atoms with Gasteiger partial charge in [-0.1, -0.05) is 22.9 Å². The Kier molecular flexibility index (Phi) is 3.91. The van der Waals surface area contributed by atoms with Crippen molar-refractivity contribution >= 4 is 27.3 Å². The van der Waals surface area contributed by atoms with E-state index in [-0.39, 0.29) is 11.9 Å². The fourth-order valence-electron chi connectivity index (χ4n) is 1.45. The van der Waals surface area contributed by atoms with E-state index in [9.17, 15) is 4.39 Å². The van der Waals surface area contributed by atoms with Crippen molar-refractivity contribution in [3.05, 3.63) is 38.9 Å². The summed E-state index contributed by atoms with van der Waals surface area (Å²) in [5, 5.41) is 2.69. The second-order valence-corrected chi connectivity index (χ2v) is 5.52. The van der Waals surface area contributed by atoms with E-state index >= 15 is 0 Å². The van der Waals surface area contributed by atoms with E-state index in [2.05, 4.69) is 20.9 Å². The van der Waals surface area contributed by atoms with E-state index in [1.165, 1.54) is 17.4 Å². The molecule has 2 N–H and O–H groups in total. The van der Waals surface area contributed by atoms with Gasteiger partial charge in [-0.3, -0.25) is 0 Å². The van der Waals surface area contributed by atoms with Crippen molar-refractivity contribution in [3.63, 3.8) is 0 Å². The standard InChI is InChI=1S/C12H12BrFN2S/c1-2-10(15)12-16-11(6-17-12)8-5-7(13)3-4-9(8)14/h3-6,10H,2,15H2,1H3. The predicted octanol–water partition coefficient (Wildman–Crippen LogP) is 4.12. The molecule has 0 aliphatic heterocycles. The van der Waals surface area contributed by atoms with Crippen LogP contribution in [-0.4, -0.2) is 4.98 Å². The zero-order chi connectivity index (χ0) is 12.4. The van der Waals surface area contributed by atoms with Gasteiger partial charge < -0.3 is 5.73 Å². The molecule has 0 saturated heterocycles. The van der Waals surface area contributed by atoms with Crippen molar-refractivity contribution < 1.29 is 4.39 Å². The molecule has 0 fully saturated rings. The van der Waals surface area contributed by atoms with Crippen molar-refractivity contribution in [3.8, 4) is 11.3 Å². The summed E-state index contributed by atoms with van der Waals surface area (Å²) in [6, 6.07) is 4.76. The van der Waals surface area contributed by atoms with Crippen LogP contribution in [0.3, 0.4) is 0 Å². The van der Waals surface area contributed by atoms with Crippen LogP contribution in [0, 0.1) is 5.82 Å². The van der Waals surface area contributed by atoms with Crippen LogP contribution in [0.1, 0.15) is 24.4 Å². The third-order valence-electron chi connectivity index (χ3n) is 2.48. The maximum absolute atomic E-state index is 13.7. The summed E-state index contributed by atoms with van der Waals surface area (Å²) in [6.07, 6.45) is 0.827. The van der Waals surface area contributed by atoms with Gasteiger partial charge in [0, 0.05) is 15.4 Å². The van der Waals surface area contributed by atoms with E-state index in [0.29, 0.717) is 11.3 Å². The molecule has 2 rings (SSSR count). The molecule has 2 nitrogen and oxygen atoms in total.